The third-order valence-electron chi connectivity index (χ3n) is 21.1. The number of carbonyl (C=O) groups is 10. The summed E-state index contributed by atoms with van der Waals surface area (Å²) in [7, 11) is -4.12. The molecule has 13 rings (SSSR count). The molecule has 43 nitrogen and oxygen atoms in total. The third kappa shape index (κ3) is 38.3. The summed E-state index contributed by atoms with van der Waals surface area (Å²) in [4.78, 5) is 154. The number of benzene rings is 6. The Labute approximate surface area is 812 Å². The first-order valence-corrected chi connectivity index (χ1v) is 53.1. The fourth-order valence-corrected chi connectivity index (χ4v) is 19.0. The first-order valence-electron chi connectivity index (χ1n) is 40.7. The summed E-state index contributed by atoms with van der Waals surface area (Å²) in [5, 5.41) is 103. The number of halogens is 6. The number of aryl methyl sites for hydroxylation is 1. The zero-order valence-electron chi connectivity index (χ0n) is 72.8. The van der Waals surface area contributed by atoms with Crippen molar-refractivity contribution in [1.29, 1.82) is 0 Å². The Hall–Kier alpha value is -11.9. The summed E-state index contributed by atoms with van der Waals surface area (Å²) in [6.07, 6.45) is 9.45. The average Bonchev–Trinajstić information content (AvgIpc) is 1.01. The summed E-state index contributed by atoms with van der Waals surface area (Å²) in [6.45, 7) is -0.293. The lowest BCUT2D eigenvalue weighted by Gasteiger charge is -2.57. The Morgan fingerprint density at radius 2 is 0.707 bits per heavy atom. The van der Waals surface area contributed by atoms with E-state index >= 15 is 0 Å². The second-order valence-electron chi connectivity index (χ2n) is 31.2. The van der Waals surface area contributed by atoms with Crippen LogP contribution >= 0.6 is 42.7 Å². The van der Waals surface area contributed by atoms with Crippen molar-refractivity contribution in [3.8, 4) is 22.6 Å². The maximum Gasteiger partial charge on any atom is 0.336 e. The molecule has 0 aliphatic heterocycles. The Balaban J connectivity index is 0.000000286. The SMILES string of the molecule is Cc1ccccc1CC(C(=O)O)C(=O)O.O=C(O)C(C(=O)O)C12CC3CC(CC(C3)C1)C2.O=C(O)C1=C[C@@H](O)[C@@H](O)C=C1C(=O)O.O=C(O)CCCCCCCC(=O)O.O=C(O)COCCOCC(=O)O.O=S(=O)(Cl)c1ccc(-c2ccc(S(=O)(=O)Cl)cc2)cc1.O=S(=O)(Cl)c1ccc(Oc2ccc(S(=O)(=O)Cl)cc2)cc1.O=c1c2cc3c(=O)n(CCS(=O)(=O)F)c(=O)c3cc2c(=O)n1CCS(=O)(=O)F. The van der Waals surface area contributed by atoms with Gasteiger partial charge in [-0.2, -0.15) is 16.8 Å². The van der Waals surface area contributed by atoms with Crippen LogP contribution < -0.4 is 27.0 Å². The number of aromatic nitrogens is 2. The second-order valence-corrected chi connectivity index (χ2v) is 44.5. The van der Waals surface area contributed by atoms with Crippen LogP contribution in [0.15, 0.2) is 196 Å². The van der Waals surface area contributed by atoms with Gasteiger partial charge in [-0.3, -0.25) is 57.1 Å². The maximum absolute atomic E-state index is 12.7. The van der Waals surface area contributed by atoms with Crippen LogP contribution in [0.3, 0.4) is 0 Å². The van der Waals surface area contributed by atoms with Crippen molar-refractivity contribution >= 4 is 181 Å². The minimum absolute atomic E-state index is 0.00266. The number of carboxylic acids is 10. The third-order valence-corrected chi connectivity index (χ3v) is 27.9. The Morgan fingerprint density at radius 1 is 0.414 bits per heavy atom. The highest BCUT2D eigenvalue weighted by Gasteiger charge is 2.58. The molecule has 5 aliphatic rings. The molecule has 0 radical (unpaired) electrons. The number of fused-ring (bicyclic) bond motifs is 2. The molecule has 2 heterocycles. The molecule has 0 unspecified atom stereocenters. The van der Waals surface area contributed by atoms with E-state index in [1.807, 2.05) is 19.1 Å². The van der Waals surface area contributed by atoms with E-state index in [-0.39, 0.29) is 73.6 Å². The Kier molecular flexibility index (Phi) is 44.6. The van der Waals surface area contributed by atoms with Crippen LogP contribution in [0, 0.1) is 41.9 Å². The smallest absolute Gasteiger partial charge is 0.336 e. The lowest BCUT2D eigenvalue weighted by atomic mass is 9.46. The van der Waals surface area contributed by atoms with E-state index in [1.54, 1.807) is 36.4 Å². The molecular weight excluding hydrogens is 2080 g/mol. The molecule has 8 aromatic rings. The molecule has 6 aromatic carbocycles. The molecule has 0 amide bonds. The number of rotatable bonds is 37. The van der Waals surface area contributed by atoms with Gasteiger partial charge < -0.3 is 75.5 Å². The highest BCUT2D eigenvalue weighted by Crippen LogP contribution is 2.63. The van der Waals surface area contributed by atoms with Gasteiger partial charge in [0.1, 0.15) is 36.9 Å². The van der Waals surface area contributed by atoms with Crippen molar-refractivity contribution in [2.75, 3.05) is 37.9 Å². The molecule has 0 spiro atoms. The molecule has 55 heteroatoms. The van der Waals surface area contributed by atoms with E-state index in [4.69, 9.17) is 98.5 Å². The van der Waals surface area contributed by atoms with Crippen LogP contribution in [0.5, 0.6) is 11.5 Å². The van der Waals surface area contributed by atoms with Crippen LogP contribution in [0.25, 0.3) is 32.7 Å². The highest BCUT2D eigenvalue weighted by atomic mass is 35.7. The first-order chi connectivity index (χ1) is 64.8. The van der Waals surface area contributed by atoms with Gasteiger partial charge in [0.2, 0.25) is 0 Å². The lowest BCUT2D eigenvalue weighted by Crippen LogP contribution is -2.53. The van der Waals surface area contributed by atoms with Crippen LogP contribution in [0.1, 0.15) is 94.6 Å². The molecule has 764 valence electrons. The zero-order valence-corrected chi connectivity index (χ0v) is 80.7. The van der Waals surface area contributed by atoms with Crippen molar-refractivity contribution in [3.63, 3.8) is 0 Å². The number of aliphatic carboxylic acids is 10. The molecule has 2 aromatic heterocycles. The molecule has 2 atom stereocenters. The van der Waals surface area contributed by atoms with Crippen LogP contribution in [0.2, 0.25) is 0 Å². The number of nitrogens with zero attached hydrogens (tertiary/aromatic N) is 2. The van der Waals surface area contributed by atoms with E-state index < -0.39 is 217 Å². The molecule has 5 aliphatic carbocycles. The number of hydrogen-bond acceptors (Lipinski definition) is 31. The summed E-state index contributed by atoms with van der Waals surface area (Å²) < 4.78 is 172. The fraction of sp³-hybridized carbons (Fsp3) is 0.365. The van der Waals surface area contributed by atoms with Gasteiger partial charge in [0.05, 0.1) is 77.0 Å². The normalized spacial score (nSPS) is 16.9. The summed E-state index contributed by atoms with van der Waals surface area (Å²) in [6, 6.07) is 31.8. The number of unbranched alkanes of at least 4 members (excludes halogenated alkanes) is 4. The summed E-state index contributed by atoms with van der Waals surface area (Å²) in [5.74, 6) is -13.7. The monoisotopic (exact) mass is 2160 g/mol. The van der Waals surface area contributed by atoms with E-state index in [0.29, 0.717) is 51.2 Å². The number of carboxylic acid groups (broad SMARTS) is 10. The standard InChI is InChI=1S/C14H10F2N2O8S2.C13H18O4.C12H8Cl2O5S2.C12H8Cl2O4S2.C11H12O4.C9H16O4.C8H8O6.C6H10O6/c15-27(23,24)3-1-17-11(19)7-5-9-10(6-8(7)12(17)20)14(22)18(13(9)21)2-4-28(16,25)26;14-11(15)10(12(16)17)13-4-7-1-8(5-13)3-9(2-7)6-13;13-20(15,16)11-5-1-9(2-6-11)19-10-3-7-12(8-4-10)21(14,17)18;13-19(15,16)11-5-1-9(2-6-11)10-3-7-12(8-4-10)20(14,17)18;1-7-4-2-3-5-8(7)6-9(10(12)13)11(14)15;10-8(11)6-4-2-1-3-5-7-9(12)13;9-5-1-3(7(11)12)4(8(13)14)2-6(5)10;7-5(8)3-11-1-2-12-4-6(9)10/h5-6H,1-4H2;7-10H,1-6H2,(H,14,15)(H,16,17);1-8H;1-8H;2-5,9H,6H2,1H3,(H,12,13)(H,14,15);1-7H2,(H,10,11)(H,12,13);1-2,5-6,9-10H,(H,11,12)(H,13,14);1-4H2,(H,7,8)(H,9,10)/t;;;;;;5-,6+;. The minimum atomic E-state index is -4.94. The predicted molar refractivity (Wildman–Crippen MR) is 493 cm³/mol. The molecule has 140 heavy (non-hydrogen) atoms. The average molecular weight is 2170 g/mol. The molecule has 4 saturated carbocycles. The molecule has 12 N–H and O–H groups in total. The molecule has 4 fully saturated rings. The van der Waals surface area contributed by atoms with Crippen molar-refractivity contribution in [3.05, 3.63) is 209 Å². The predicted octanol–water partition coefficient (Wildman–Crippen LogP) is 8.18. The largest absolute Gasteiger partial charge is 0.481 e. The summed E-state index contributed by atoms with van der Waals surface area (Å²) in [5.41, 5.74) is -2.25. The van der Waals surface area contributed by atoms with Gasteiger partial charge in [-0.1, -0.05) is 67.8 Å². The van der Waals surface area contributed by atoms with Gasteiger partial charge in [0.25, 0.3) is 58.4 Å². The lowest BCUT2D eigenvalue weighted by molar-refractivity contribution is -0.173. The number of aliphatic hydroxyl groups is 2. The van der Waals surface area contributed by atoms with Crippen LogP contribution in [0.4, 0.5) is 7.77 Å². The van der Waals surface area contributed by atoms with Gasteiger partial charge >= 0.3 is 80.1 Å². The van der Waals surface area contributed by atoms with Gasteiger partial charge in [0, 0.05) is 68.7 Å². The van der Waals surface area contributed by atoms with E-state index in [2.05, 4.69) is 9.47 Å². The van der Waals surface area contributed by atoms with Crippen molar-refractivity contribution < 1.29 is 182 Å². The zero-order chi connectivity index (χ0) is 106. The first kappa shape index (κ1) is 119. The van der Waals surface area contributed by atoms with Gasteiger partial charge in [-0.15, -0.1) is 7.77 Å². The molecule has 0 saturated heterocycles. The highest BCUT2D eigenvalue weighted by molar-refractivity contribution is 8.14. The number of hydrogen-bond donors (Lipinski definition) is 12. The van der Waals surface area contributed by atoms with Crippen molar-refractivity contribution in [2.45, 2.75) is 142 Å². The minimum Gasteiger partial charge on any atom is -0.481 e. The van der Waals surface area contributed by atoms with Gasteiger partial charge in [0.15, 0.2) is 11.8 Å². The summed E-state index contributed by atoms with van der Waals surface area (Å²) >= 11 is 0. The van der Waals surface area contributed by atoms with E-state index in [9.17, 15) is 136 Å². The quantitative estimate of drug-likeness (QED) is 0.00991. The molecular formula is C85H90Cl4F2N2O41S6. The van der Waals surface area contributed by atoms with Crippen molar-refractivity contribution in [2.24, 2.45) is 35.0 Å². The molecule has 4 bridgehead atoms. The maximum atomic E-state index is 12.7. The van der Waals surface area contributed by atoms with Gasteiger partial charge in [-0.25, -0.2) is 52.8 Å². The Bertz CT molecular complexity index is 6420. The Morgan fingerprint density at radius 3 is 0.964 bits per heavy atom. The number of ether oxygens (including phenoxy) is 3. The van der Waals surface area contributed by atoms with E-state index in [1.165, 1.54) is 92.1 Å². The number of aliphatic hydroxyl groups excluding tert-OH is 2. The fourth-order valence-electron chi connectivity index (χ4n) is 15.1. The van der Waals surface area contributed by atoms with Gasteiger partial charge in [-0.05, 0) is 207 Å². The van der Waals surface area contributed by atoms with Crippen LogP contribution in [-0.4, -0.2) is 231 Å². The van der Waals surface area contributed by atoms with Crippen molar-refractivity contribution in [1.82, 2.24) is 9.13 Å². The van der Waals surface area contributed by atoms with E-state index in [0.717, 1.165) is 85.1 Å². The van der Waals surface area contributed by atoms with Crippen LogP contribution in [-0.2, 0) is 134 Å². The topological polar surface area (TPSA) is 724 Å². The second kappa shape index (κ2) is 52.6.